The minimum absolute atomic E-state index is 0.0745. The van der Waals surface area contributed by atoms with Gasteiger partial charge in [-0.1, -0.05) is 5.16 Å². The molecular weight excluding hydrogens is 426 g/mol. The lowest BCUT2D eigenvalue weighted by Crippen LogP contribution is -2.36. The van der Waals surface area contributed by atoms with Gasteiger partial charge in [0.1, 0.15) is 25.0 Å². The maximum Gasteiger partial charge on any atom is 0.303 e. The zero-order chi connectivity index (χ0) is 23.6. The van der Waals surface area contributed by atoms with E-state index < -0.39 is 42.2 Å². The largest absolute Gasteiger partial charge is 0.463 e. The van der Waals surface area contributed by atoms with Gasteiger partial charge in [-0.15, -0.1) is 0 Å². The molecular formula is C19H23N5O8. The standard InChI is InChI=1S/C19H23N5O8/c1-9-21-18(22-32-9)17-19(24(10(2)25)11(3)26)23(8-20-17)16-6-14(30-13(5)28)15(31-16)7-29-12(4)27/h8,14-16H,6-7H2,1-5H3/t14-,15+,16+/m0/s1. The summed E-state index contributed by atoms with van der Waals surface area (Å²) in [6.07, 6.45) is -0.777. The van der Waals surface area contributed by atoms with E-state index in [4.69, 9.17) is 18.7 Å². The fourth-order valence-corrected chi connectivity index (χ4v) is 3.42. The first-order valence-corrected chi connectivity index (χ1v) is 9.73. The van der Waals surface area contributed by atoms with Gasteiger partial charge in [-0.05, 0) is 0 Å². The highest BCUT2D eigenvalue weighted by atomic mass is 16.6. The summed E-state index contributed by atoms with van der Waals surface area (Å²) in [4.78, 5) is 56.7. The van der Waals surface area contributed by atoms with Gasteiger partial charge in [0.15, 0.2) is 11.5 Å². The molecule has 2 amide bonds. The molecule has 13 nitrogen and oxygen atoms in total. The SMILES string of the molecule is CC(=O)OC[C@H]1O[C@@H](n2cnc(-c3noc(C)n3)c2N(C(C)=O)C(C)=O)C[C@@H]1OC(C)=O. The van der Waals surface area contributed by atoms with Gasteiger partial charge in [0.05, 0.1) is 6.33 Å². The topological polar surface area (TPSA) is 156 Å². The van der Waals surface area contributed by atoms with Crippen molar-refractivity contribution in [2.75, 3.05) is 11.5 Å². The number of rotatable bonds is 6. The van der Waals surface area contributed by atoms with Crippen LogP contribution in [0.25, 0.3) is 11.5 Å². The summed E-state index contributed by atoms with van der Waals surface area (Å²) in [7, 11) is 0. The quantitative estimate of drug-likeness (QED) is 0.578. The second-order valence-electron chi connectivity index (χ2n) is 7.15. The number of imide groups is 1. The number of carbonyl (C=O) groups is 4. The summed E-state index contributed by atoms with van der Waals surface area (Å²) in [5.41, 5.74) is 0.128. The number of amides is 2. The van der Waals surface area contributed by atoms with Crippen molar-refractivity contribution in [2.24, 2.45) is 0 Å². The van der Waals surface area contributed by atoms with Crippen molar-refractivity contribution in [1.29, 1.82) is 0 Å². The minimum Gasteiger partial charge on any atom is -0.463 e. The molecule has 1 aliphatic heterocycles. The second-order valence-corrected chi connectivity index (χ2v) is 7.15. The molecule has 2 aromatic heterocycles. The van der Waals surface area contributed by atoms with Crippen LogP contribution in [-0.2, 0) is 33.4 Å². The molecule has 13 heteroatoms. The molecule has 0 radical (unpaired) electrons. The summed E-state index contributed by atoms with van der Waals surface area (Å²) in [5.74, 6) is -1.75. The van der Waals surface area contributed by atoms with Gasteiger partial charge < -0.3 is 18.7 Å². The Morgan fingerprint density at radius 3 is 2.38 bits per heavy atom. The number of anilines is 1. The van der Waals surface area contributed by atoms with Crippen LogP contribution in [-0.4, -0.2) is 62.3 Å². The summed E-state index contributed by atoms with van der Waals surface area (Å²) in [6, 6.07) is 0. The van der Waals surface area contributed by atoms with Crippen LogP contribution in [0, 0.1) is 6.92 Å². The van der Waals surface area contributed by atoms with Gasteiger partial charge in [0, 0.05) is 41.0 Å². The molecule has 0 spiro atoms. The Balaban J connectivity index is 2.03. The van der Waals surface area contributed by atoms with Crippen molar-refractivity contribution < 1.29 is 37.9 Å². The van der Waals surface area contributed by atoms with Gasteiger partial charge in [-0.3, -0.25) is 23.7 Å². The van der Waals surface area contributed by atoms with Gasteiger partial charge in [-0.25, -0.2) is 9.88 Å². The smallest absolute Gasteiger partial charge is 0.303 e. The minimum atomic E-state index is -0.801. The third-order valence-corrected chi connectivity index (χ3v) is 4.61. The Labute approximate surface area is 182 Å². The molecule has 0 aromatic carbocycles. The first kappa shape index (κ1) is 23.1. The molecule has 0 aliphatic carbocycles. The summed E-state index contributed by atoms with van der Waals surface area (Å²) in [5, 5.41) is 3.83. The Bertz CT molecular complexity index is 1030. The van der Waals surface area contributed by atoms with Crippen molar-refractivity contribution in [3.05, 3.63) is 12.2 Å². The fourth-order valence-electron chi connectivity index (χ4n) is 3.42. The number of aryl methyl sites for hydroxylation is 1. The molecule has 0 N–H and O–H groups in total. The normalized spacial score (nSPS) is 20.1. The van der Waals surface area contributed by atoms with Crippen LogP contribution < -0.4 is 4.90 Å². The Kier molecular flexibility index (Phi) is 6.67. The highest BCUT2D eigenvalue weighted by molar-refractivity contribution is 6.14. The molecule has 0 bridgehead atoms. The van der Waals surface area contributed by atoms with E-state index in [1.54, 1.807) is 6.92 Å². The molecule has 0 saturated carbocycles. The van der Waals surface area contributed by atoms with Crippen LogP contribution in [0.3, 0.4) is 0 Å². The van der Waals surface area contributed by atoms with Crippen LogP contribution in [0.5, 0.6) is 0 Å². The number of esters is 2. The van der Waals surface area contributed by atoms with Gasteiger partial charge in [0.25, 0.3) is 0 Å². The van der Waals surface area contributed by atoms with E-state index in [9.17, 15) is 19.2 Å². The predicted octanol–water partition coefficient (Wildman–Crippen LogP) is 0.923. The highest BCUT2D eigenvalue weighted by Crippen LogP contribution is 2.38. The van der Waals surface area contributed by atoms with Crippen molar-refractivity contribution >= 4 is 29.6 Å². The van der Waals surface area contributed by atoms with Crippen LogP contribution >= 0.6 is 0 Å². The van der Waals surface area contributed by atoms with Crippen LogP contribution in [0.1, 0.15) is 46.2 Å². The molecule has 1 saturated heterocycles. The number of imidazole rings is 1. The van der Waals surface area contributed by atoms with E-state index in [0.29, 0.717) is 0 Å². The van der Waals surface area contributed by atoms with E-state index in [0.717, 1.165) is 4.90 Å². The fraction of sp³-hybridized carbons (Fsp3) is 0.526. The summed E-state index contributed by atoms with van der Waals surface area (Å²) in [6.45, 7) is 6.40. The Morgan fingerprint density at radius 2 is 1.84 bits per heavy atom. The zero-order valence-electron chi connectivity index (χ0n) is 18.2. The van der Waals surface area contributed by atoms with Crippen molar-refractivity contribution in [1.82, 2.24) is 19.7 Å². The van der Waals surface area contributed by atoms with Crippen LogP contribution in [0.15, 0.2) is 10.9 Å². The van der Waals surface area contributed by atoms with Gasteiger partial charge >= 0.3 is 11.9 Å². The first-order valence-electron chi connectivity index (χ1n) is 9.73. The lowest BCUT2D eigenvalue weighted by Gasteiger charge is -2.23. The molecule has 1 aliphatic rings. The zero-order valence-corrected chi connectivity index (χ0v) is 18.2. The molecule has 3 heterocycles. The predicted molar refractivity (Wildman–Crippen MR) is 105 cm³/mol. The Hall–Kier alpha value is -3.61. The number of ether oxygens (including phenoxy) is 3. The summed E-state index contributed by atoms with van der Waals surface area (Å²) >= 11 is 0. The van der Waals surface area contributed by atoms with E-state index >= 15 is 0 Å². The average molecular weight is 449 g/mol. The first-order chi connectivity index (χ1) is 15.1. The van der Waals surface area contributed by atoms with Crippen molar-refractivity contribution in [3.8, 4) is 11.5 Å². The number of hydrogen-bond donors (Lipinski definition) is 0. The van der Waals surface area contributed by atoms with Gasteiger partial charge in [0.2, 0.25) is 23.5 Å². The maximum absolute atomic E-state index is 12.3. The van der Waals surface area contributed by atoms with Crippen molar-refractivity contribution in [2.45, 2.75) is 59.5 Å². The number of carbonyl (C=O) groups excluding carboxylic acids is 4. The van der Waals surface area contributed by atoms with Crippen molar-refractivity contribution in [3.63, 3.8) is 0 Å². The monoisotopic (exact) mass is 449 g/mol. The Morgan fingerprint density at radius 1 is 1.16 bits per heavy atom. The molecule has 32 heavy (non-hydrogen) atoms. The lowest BCUT2D eigenvalue weighted by atomic mass is 10.2. The van der Waals surface area contributed by atoms with E-state index in [2.05, 4.69) is 15.1 Å². The van der Waals surface area contributed by atoms with Crippen LogP contribution in [0.2, 0.25) is 0 Å². The third-order valence-electron chi connectivity index (χ3n) is 4.61. The number of nitrogens with zero attached hydrogens (tertiary/aromatic N) is 5. The maximum atomic E-state index is 12.3. The highest BCUT2D eigenvalue weighted by Gasteiger charge is 2.41. The molecule has 1 fully saturated rings. The third kappa shape index (κ3) is 4.82. The molecule has 0 unspecified atom stereocenters. The van der Waals surface area contributed by atoms with E-state index in [-0.39, 0.29) is 36.3 Å². The van der Waals surface area contributed by atoms with E-state index in [1.807, 2.05) is 0 Å². The van der Waals surface area contributed by atoms with Gasteiger partial charge in [-0.2, -0.15) is 4.98 Å². The van der Waals surface area contributed by atoms with Crippen LogP contribution in [0.4, 0.5) is 5.82 Å². The average Bonchev–Trinajstić information content (AvgIpc) is 3.38. The number of aromatic nitrogens is 4. The summed E-state index contributed by atoms with van der Waals surface area (Å²) < 4.78 is 22.8. The molecule has 2 aromatic rings. The molecule has 172 valence electrons. The second kappa shape index (κ2) is 9.26. The van der Waals surface area contributed by atoms with E-state index in [1.165, 1.54) is 38.6 Å². The molecule has 3 atom stereocenters. The molecule has 3 rings (SSSR count). The lowest BCUT2D eigenvalue weighted by molar-refractivity contribution is -0.155. The number of hydrogen-bond acceptors (Lipinski definition) is 11.